The Hall–Kier alpha value is -0.740. The quantitative estimate of drug-likeness (QED) is 0.0792. The number of phosphoric ester groups is 1. The van der Waals surface area contributed by atoms with Crippen LogP contribution in [0.3, 0.4) is 0 Å². The van der Waals surface area contributed by atoms with Crippen molar-refractivity contribution in [1.29, 1.82) is 0 Å². The lowest BCUT2D eigenvalue weighted by molar-refractivity contribution is -0.388. The van der Waals surface area contributed by atoms with E-state index in [0.29, 0.717) is 6.42 Å². The topological polar surface area (TPSA) is 72.6 Å². The van der Waals surface area contributed by atoms with E-state index >= 15 is 0 Å². The second-order valence-electron chi connectivity index (χ2n) is 10.00. The summed E-state index contributed by atoms with van der Waals surface area (Å²) in [5.41, 5.74) is 2.29. The predicted molar refractivity (Wildman–Crippen MR) is 146 cm³/mol. The van der Waals surface area contributed by atoms with Crippen molar-refractivity contribution >= 4 is 14.0 Å². The van der Waals surface area contributed by atoms with Crippen LogP contribution in [-0.2, 0) is 13.6 Å². The normalized spacial score (nSPS) is 15.5. The van der Waals surface area contributed by atoms with E-state index in [1.54, 1.807) is 0 Å². The van der Waals surface area contributed by atoms with Crippen LogP contribution >= 0.6 is 7.82 Å². The lowest BCUT2D eigenvalue weighted by Crippen LogP contribution is -2.63. The number of hydrogen-bond donors (Lipinski definition) is 1. The molecule has 1 aliphatic rings. The number of phosphoric acid groups is 1. The predicted octanol–water partition coefficient (Wildman–Crippen LogP) is 7.31. The monoisotopic (exact) mass is 511 g/mol. The van der Waals surface area contributed by atoms with E-state index in [1.807, 2.05) is 13.1 Å². The molecule has 1 heterocycles. The van der Waals surface area contributed by atoms with E-state index in [2.05, 4.69) is 24.1 Å². The zero-order valence-electron chi connectivity index (χ0n) is 22.9. The fourth-order valence-corrected chi connectivity index (χ4v) is 5.17. The number of rotatable bonds is 25. The summed E-state index contributed by atoms with van der Waals surface area (Å²) >= 11 is 0. The minimum absolute atomic E-state index is 0.152. The van der Waals surface area contributed by atoms with Crippen LogP contribution in [0.25, 0.3) is 0 Å². The van der Waals surface area contributed by atoms with Gasteiger partial charge in [-0.1, -0.05) is 103 Å². The van der Waals surface area contributed by atoms with Crippen molar-refractivity contribution in [2.45, 2.75) is 142 Å². The van der Waals surface area contributed by atoms with Gasteiger partial charge in [-0.3, -0.25) is 4.57 Å². The van der Waals surface area contributed by atoms with Crippen LogP contribution in [0.1, 0.15) is 142 Å². The fourth-order valence-electron chi connectivity index (χ4n) is 4.42. The molecule has 1 atom stereocenters. The maximum absolute atomic E-state index is 11.8. The molecule has 0 spiro atoms. The van der Waals surface area contributed by atoms with Crippen LogP contribution in [0.5, 0.6) is 0 Å². The van der Waals surface area contributed by atoms with Gasteiger partial charge in [0.25, 0.3) is 7.82 Å². The second-order valence-corrected chi connectivity index (χ2v) is 11.4. The zero-order chi connectivity index (χ0) is 25.5. The summed E-state index contributed by atoms with van der Waals surface area (Å²) < 4.78 is 21.8. The van der Waals surface area contributed by atoms with Gasteiger partial charge >= 0.3 is 0 Å². The lowest BCUT2D eigenvalue weighted by atomic mass is 10.1. The highest BCUT2D eigenvalue weighted by Crippen LogP contribution is 2.38. The molecule has 1 rings (SSSR count). The van der Waals surface area contributed by atoms with Gasteiger partial charge in [0, 0.05) is 12.5 Å². The van der Waals surface area contributed by atoms with E-state index in [4.69, 9.17) is 9.05 Å². The van der Waals surface area contributed by atoms with Gasteiger partial charge in [-0.05, 0) is 38.5 Å². The molecule has 0 aliphatic carbocycles. The Bertz CT molecular complexity index is 645. The van der Waals surface area contributed by atoms with Crippen molar-refractivity contribution in [3.05, 3.63) is 23.4 Å². The van der Waals surface area contributed by atoms with Gasteiger partial charge in [0.15, 0.2) is 5.70 Å². The molecule has 0 amide bonds. The molecule has 0 bridgehead atoms. The number of allylic oxidation sites excluding steroid dienone is 3. The number of hydrogen-bond acceptors (Lipinski definition) is 4. The Morgan fingerprint density at radius 3 is 1.80 bits per heavy atom. The van der Waals surface area contributed by atoms with Crippen molar-refractivity contribution in [2.75, 3.05) is 13.2 Å². The number of unbranched alkanes of at least 4 members (excludes halogenated alkanes) is 16. The first-order valence-electron chi connectivity index (χ1n) is 14.6. The van der Waals surface area contributed by atoms with Crippen molar-refractivity contribution in [1.82, 2.24) is 0 Å². The van der Waals surface area contributed by atoms with Crippen LogP contribution in [0, 0.1) is 0 Å². The summed E-state index contributed by atoms with van der Waals surface area (Å²) in [6, 6.07) is 0. The van der Waals surface area contributed by atoms with E-state index in [1.165, 1.54) is 102 Å². The molecular formula is C29H54NO4P. The summed E-state index contributed by atoms with van der Waals surface area (Å²) in [6.07, 6.45) is 31.1. The van der Waals surface area contributed by atoms with Crippen LogP contribution in [0.4, 0.5) is 0 Å². The van der Waals surface area contributed by atoms with Crippen LogP contribution in [-0.4, -0.2) is 19.4 Å². The van der Waals surface area contributed by atoms with Crippen molar-refractivity contribution in [3.8, 4) is 0 Å². The van der Waals surface area contributed by atoms with Gasteiger partial charge < -0.3 is 13.9 Å². The summed E-state index contributed by atoms with van der Waals surface area (Å²) in [5, 5.41) is 0. The minimum Gasteiger partial charge on any atom is -0.756 e. The second kappa shape index (κ2) is 22.5. The Morgan fingerprint density at radius 1 is 0.800 bits per heavy atom. The van der Waals surface area contributed by atoms with Crippen LogP contribution in [0.2, 0.25) is 0 Å². The fraction of sp³-hybridized carbons (Fsp3) is 0.828. The molecule has 6 heteroatoms. The third-order valence-electron chi connectivity index (χ3n) is 6.76. The van der Waals surface area contributed by atoms with E-state index in [0.717, 1.165) is 31.4 Å². The summed E-state index contributed by atoms with van der Waals surface area (Å²) in [5.74, 6) is 0. The first-order chi connectivity index (χ1) is 17.0. The van der Waals surface area contributed by atoms with Gasteiger partial charge in [0.05, 0.1) is 19.6 Å². The first kappa shape index (κ1) is 32.3. The Labute approximate surface area is 216 Å². The third kappa shape index (κ3) is 20.1. The molecule has 0 aromatic heterocycles. The summed E-state index contributed by atoms with van der Waals surface area (Å²) in [6.45, 7) is 4.64. The Balaban J connectivity index is 1.78. The molecule has 1 N–H and O–H groups in total. The van der Waals surface area contributed by atoms with E-state index < -0.39 is 7.82 Å². The summed E-state index contributed by atoms with van der Waals surface area (Å²) in [7, 11) is -4.17. The molecule has 0 saturated heterocycles. The van der Waals surface area contributed by atoms with Crippen LogP contribution < -0.4 is 9.89 Å². The lowest BCUT2D eigenvalue weighted by Gasteiger charge is -2.22. The summed E-state index contributed by atoms with van der Waals surface area (Å²) in [4.78, 5) is 15.0. The van der Waals surface area contributed by atoms with Gasteiger partial charge in [-0.25, -0.2) is 4.99 Å². The maximum atomic E-state index is 11.8. The van der Waals surface area contributed by atoms with Gasteiger partial charge in [0.1, 0.15) is 6.21 Å². The molecule has 204 valence electrons. The molecule has 5 nitrogen and oxygen atoms in total. The van der Waals surface area contributed by atoms with Gasteiger partial charge in [-0.2, -0.15) is 0 Å². The average Bonchev–Trinajstić information content (AvgIpc) is 3.24. The van der Waals surface area contributed by atoms with Crippen molar-refractivity contribution in [3.63, 3.8) is 0 Å². The molecular weight excluding hydrogens is 457 g/mol. The van der Waals surface area contributed by atoms with Gasteiger partial charge in [-0.15, -0.1) is 0 Å². The highest BCUT2D eigenvalue weighted by Gasteiger charge is 2.14. The standard InChI is InChI=1S/C29H54NO4P/c1-3-4-5-6-7-8-9-10-11-12-13-14-15-16-17-18-19-20-21-22-26-33-35(31,32)34-27-24-29-23-25-30-28(29)2/h10-11,25H,3-9,12-24,26-27H2,1-2H3,(H,31,32)/b11-10-. The van der Waals surface area contributed by atoms with E-state index in [-0.39, 0.29) is 13.2 Å². The molecule has 0 radical (unpaired) electrons. The minimum atomic E-state index is -4.17. The van der Waals surface area contributed by atoms with E-state index in [9.17, 15) is 9.46 Å². The SMILES string of the molecule is CCCCCCCC/C=C\CCCCCCCCCCCCOP(=O)([O-])OCCC1=C(C)[NH+]=CC1. The van der Waals surface area contributed by atoms with Gasteiger partial charge in [0.2, 0.25) is 0 Å². The maximum Gasteiger partial charge on any atom is 0.267 e. The smallest absolute Gasteiger partial charge is 0.267 e. The van der Waals surface area contributed by atoms with Crippen molar-refractivity contribution < 1.29 is 23.5 Å². The first-order valence-corrected chi connectivity index (χ1v) is 16.0. The van der Waals surface area contributed by atoms with Crippen LogP contribution in [0.15, 0.2) is 23.4 Å². The average molecular weight is 512 g/mol. The zero-order valence-corrected chi connectivity index (χ0v) is 23.8. The van der Waals surface area contributed by atoms with Crippen molar-refractivity contribution in [2.24, 2.45) is 0 Å². The molecule has 0 aromatic rings. The molecule has 1 aliphatic heterocycles. The Kier molecular flexibility index (Phi) is 20.7. The molecule has 1 unspecified atom stereocenters. The molecule has 0 fully saturated rings. The molecule has 0 saturated carbocycles. The highest BCUT2D eigenvalue weighted by molar-refractivity contribution is 7.45. The third-order valence-corrected chi connectivity index (χ3v) is 7.75. The highest BCUT2D eigenvalue weighted by atomic mass is 31.2. The molecule has 35 heavy (non-hydrogen) atoms. The number of nitrogens with one attached hydrogen (secondary N) is 1. The molecule has 0 aromatic carbocycles. The largest absolute Gasteiger partial charge is 0.756 e. The Morgan fingerprint density at radius 2 is 1.29 bits per heavy atom.